The van der Waals surface area contributed by atoms with Crippen LogP contribution in [-0.2, 0) is 4.79 Å². The number of aromatic nitrogens is 2. The second kappa shape index (κ2) is 8.32. The standard InChI is InChI=1S/C19H25N5O3/c1-23(2)17(26)12-24-9-8-15(16(25)11-24)21-19(27)14-10-20-22-18(14)13-6-4-3-5-7-13/h3-7,10,15-16,25H,8-9,11-12H2,1-2H3,(H,20,22)(H,21,27)/t15-,16-/m1/s1. The lowest BCUT2D eigenvalue weighted by molar-refractivity contribution is -0.130. The summed E-state index contributed by atoms with van der Waals surface area (Å²) in [6.45, 7) is 1.25. The molecule has 2 aromatic rings. The van der Waals surface area contributed by atoms with E-state index in [4.69, 9.17) is 0 Å². The molecule has 0 bridgehead atoms. The molecule has 3 N–H and O–H groups in total. The normalized spacial score (nSPS) is 20.3. The minimum atomic E-state index is -0.732. The lowest BCUT2D eigenvalue weighted by atomic mass is 10.0. The molecule has 1 aromatic carbocycles. The van der Waals surface area contributed by atoms with Crippen molar-refractivity contribution in [3.05, 3.63) is 42.1 Å². The van der Waals surface area contributed by atoms with Gasteiger partial charge in [0.15, 0.2) is 0 Å². The molecule has 8 nitrogen and oxygen atoms in total. The Balaban J connectivity index is 1.61. The summed E-state index contributed by atoms with van der Waals surface area (Å²) < 4.78 is 0. The van der Waals surface area contributed by atoms with Gasteiger partial charge in [0.1, 0.15) is 0 Å². The molecule has 144 valence electrons. The summed E-state index contributed by atoms with van der Waals surface area (Å²) in [5.41, 5.74) is 1.97. The van der Waals surface area contributed by atoms with Crippen LogP contribution in [0.1, 0.15) is 16.8 Å². The number of likely N-dealkylation sites (N-methyl/N-ethyl adjacent to an activating group) is 1. The van der Waals surface area contributed by atoms with Gasteiger partial charge >= 0.3 is 0 Å². The van der Waals surface area contributed by atoms with Crippen molar-refractivity contribution in [1.82, 2.24) is 25.3 Å². The molecule has 8 heteroatoms. The maximum absolute atomic E-state index is 12.7. The number of carbonyl (C=O) groups excluding carboxylic acids is 2. The number of rotatable bonds is 5. The molecule has 2 amide bonds. The molecule has 3 rings (SSSR count). The highest BCUT2D eigenvalue weighted by Gasteiger charge is 2.30. The zero-order chi connectivity index (χ0) is 19.4. The third kappa shape index (κ3) is 4.53. The van der Waals surface area contributed by atoms with E-state index in [-0.39, 0.29) is 24.4 Å². The van der Waals surface area contributed by atoms with Crippen LogP contribution in [0.4, 0.5) is 0 Å². The van der Waals surface area contributed by atoms with Crippen LogP contribution in [0, 0.1) is 0 Å². The van der Waals surface area contributed by atoms with Crippen molar-refractivity contribution in [1.29, 1.82) is 0 Å². The summed E-state index contributed by atoms with van der Waals surface area (Å²) >= 11 is 0. The molecule has 1 saturated heterocycles. The lowest BCUT2D eigenvalue weighted by Crippen LogP contribution is -2.55. The maximum atomic E-state index is 12.7. The number of H-pyrrole nitrogens is 1. The van der Waals surface area contributed by atoms with Crippen LogP contribution in [0.25, 0.3) is 11.3 Å². The Labute approximate surface area is 158 Å². The molecular weight excluding hydrogens is 346 g/mol. The van der Waals surface area contributed by atoms with Gasteiger partial charge in [0.25, 0.3) is 5.91 Å². The molecule has 0 spiro atoms. The van der Waals surface area contributed by atoms with Crippen molar-refractivity contribution >= 4 is 11.8 Å². The fraction of sp³-hybridized carbons (Fsp3) is 0.421. The Hall–Kier alpha value is -2.71. The largest absolute Gasteiger partial charge is 0.390 e. The monoisotopic (exact) mass is 371 g/mol. The van der Waals surface area contributed by atoms with E-state index in [1.165, 1.54) is 11.1 Å². The van der Waals surface area contributed by atoms with Gasteiger partial charge in [0.05, 0.1) is 36.1 Å². The Morgan fingerprint density at radius 3 is 2.74 bits per heavy atom. The van der Waals surface area contributed by atoms with Gasteiger partial charge in [-0.2, -0.15) is 5.10 Å². The van der Waals surface area contributed by atoms with Crippen LogP contribution in [0.2, 0.25) is 0 Å². The third-order valence-electron chi connectivity index (χ3n) is 4.79. The van der Waals surface area contributed by atoms with Crippen molar-refractivity contribution in [2.75, 3.05) is 33.7 Å². The van der Waals surface area contributed by atoms with Gasteiger partial charge in [-0.3, -0.25) is 19.6 Å². The predicted molar refractivity (Wildman–Crippen MR) is 101 cm³/mol. The number of likely N-dealkylation sites (tertiary alicyclic amines) is 1. The molecule has 0 aliphatic carbocycles. The van der Waals surface area contributed by atoms with Crippen LogP contribution in [0.3, 0.4) is 0 Å². The number of aliphatic hydroxyl groups is 1. The number of aromatic amines is 1. The fourth-order valence-corrected chi connectivity index (χ4v) is 3.17. The van der Waals surface area contributed by atoms with Crippen molar-refractivity contribution in [2.45, 2.75) is 18.6 Å². The summed E-state index contributed by atoms with van der Waals surface area (Å²) in [5, 5.41) is 20.2. The Morgan fingerprint density at radius 2 is 2.07 bits per heavy atom. The van der Waals surface area contributed by atoms with Crippen molar-refractivity contribution in [3.8, 4) is 11.3 Å². The summed E-state index contributed by atoms with van der Waals surface area (Å²) in [4.78, 5) is 28.0. The molecular formula is C19H25N5O3. The number of benzene rings is 1. The molecule has 1 aromatic heterocycles. The second-order valence-corrected chi connectivity index (χ2v) is 6.98. The minimum Gasteiger partial charge on any atom is -0.390 e. The maximum Gasteiger partial charge on any atom is 0.255 e. The minimum absolute atomic E-state index is 0.00409. The molecule has 0 unspecified atom stereocenters. The second-order valence-electron chi connectivity index (χ2n) is 6.98. The molecule has 1 aliphatic heterocycles. The zero-order valence-electron chi connectivity index (χ0n) is 15.6. The van der Waals surface area contributed by atoms with Gasteiger partial charge < -0.3 is 15.3 Å². The van der Waals surface area contributed by atoms with Crippen molar-refractivity contribution < 1.29 is 14.7 Å². The first-order valence-electron chi connectivity index (χ1n) is 8.96. The van der Waals surface area contributed by atoms with Crippen LogP contribution in [-0.4, -0.2) is 82.8 Å². The Kier molecular flexibility index (Phi) is 5.88. The molecule has 27 heavy (non-hydrogen) atoms. The first-order valence-corrected chi connectivity index (χ1v) is 8.96. The van der Waals surface area contributed by atoms with E-state index >= 15 is 0 Å². The van der Waals surface area contributed by atoms with Gasteiger partial charge in [-0.05, 0) is 6.42 Å². The number of nitrogens with one attached hydrogen (secondary N) is 2. The van der Waals surface area contributed by atoms with Gasteiger partial charge in [0, 0.05) is 32.7 Å². The van der Waals surface area contributed by atoms with Crippen LogP contribution in [0.15, 0.2) is 36.5 Å². The number of aliphatic hydroxyl groups excluding tert-OH is 1. The van der Waals surface area contributed by atoms with Crippen molar-refractivity contribution in [3.63, 3.8) is 0 Å². The van der Waals surface area contributed by atoms with E-state index in [9.17, 15) is 14.7 Å². The number of amides is 2. The highest BCUT2D eigenvalue weighted by molar-refractivity contribution is 5.99. The van der Waals surface area contributed by atoms with Gasteiger partial charge in [0.2, 0.25) is 5.91 Å². The van der Waals surface area contributed by atoms with Crippen molar-refractivity contribution in [2.24, 2.45) is 0 Å². The number of hydrogen-bond acceptors (Lipinski definition) is 5. The quantitative estimate of drug-likeness (QED) is 0.703. The smallest absolute Gasteiger partial charge is 0.255 e. The summed E-state index contributed by atoms with van der Waals surface area (Å²) in [6, 6.07) is 9.14. The summed E-state index contributed by atoms with van der Waals surface area (Å²) in [5.74, 6) is -0.278. The van der Waals surface area contributed by atoms with E-state index < -0.39 is 6.10 Å². The Morgan fingerprint density at radius 1 is 1.33 bits per heavy atom. The first kappa shape index (κ1) is 19.1. The van der Waals surface area contributed by atoms with Gasteiger partial charge in [-0.25, -0.2) is 0 Å². The average Bonchev–Trinajstić information content (AvgIpc) is 3.14. The Bertz CT molecular complexity index is 790. The number of piperidine rings is 1. The van der Waals surface area contributed by atoms with E-state index in [1.807, 2.05) is 35.2 Å². The van der Waals surface area contributed by atoms with Gasteiger partial charge in [-0.1, -0.05) is 30.3 Å². The number of β-amino-alcohol motifs (C(OH)–C–C–N with tert-alkyl or cyclic N) is 1. The van der Waals surface area contributed by atoms with Gasteiger partial charge in [-0.15, -0.1) is 0 Å². The molecule has 2 atom stereocenters. The van der Waals surface area contributed by atoms with Crippen LogP contribution >= 0.6 is 0 Å². The number of hydrogen-bond donors (Lipinski definition) is 3. The number of carbonyl (C=O) groups is 2. The zero-order valence-corrected chi connectivity index (χ0v) is 15.6. The molecule has 1 fully saturated rings. The van der Waals surface area contributed by atoms with Crippen LogP contribution < -0.4 is 5.32 Å². The van der Waals surface area contributed by atoms with E-state index in [0.29, 0.717) is 30.8 Å². The summed E-state index contributed by atoms with van der Waals surface area (Å²) in [6.07, 6.45) is 1.34. The fourth-order valence-electron chi connectivity index (χ4n) is 3.17. The number of nitrogens with zero attached hydrogens (tertiary/aromatic N) is 3. The molecule has 0 radical (unpaired) electrons. The predicted octanol–water partition coefficient (Wildman–Crippen LogP) is 0.330. The molecule has 0 saturated carbocycles. The van der Waals surface area contributed by atoms with E-state index in [1.54, 1.807) is 14.1 Å². The third-order valence-corrected chi connectivity index (χ3v) is 4.79. The van der Waals surface area contributed by atoms with E-state index in [0.717, 1.165) is 5.56 Å². The van der Waals surface area contributed by atoms with Crippen LogP contribution in [0.5, 0.6) is 0 Å². The first-order chi connectivity index (χ1) is 13.0. The highest BCUT2D eigenvalue weighted by atomic mass is 16.3. The average molecular weight is 371 g/mol. The SMILES string of the molecule is CN(C)C(=O)CN1CC[C@@H](NC(=O)c2cn[nH]c2-c2ccccc2)[C@H](O)C1. The van der Waals surface area contributed by atoms with E-state index in [2.05, 4.69) is 15.5 Å². The highest BCUT2D eigenvalue weighted by Crippen LogP contribution is 2.21. The lowest BCUT2D eigenvalue weighted by Gasteiger charge is -2.36. The topological polar surface area (TPSA) is 102 Å². The molecule has 1 aliphatic rings. The molecule has 2 heterocycles. The summed E-state index contributed by atoms with van der Waals surface area (Å²) in [7, 11) is 3.42.